The third kappa shape index (κ3) is 5.32. The Kier molecular flexibility index (Phi) is 7.01. The number of methoxy groups -OCH3 is 1. The highest BCUT2D eigenvalue weighted by Crippen LogP contribution is 2.19. The van der Waals surface area contributed by atoms with Crippen LogP contribution >= 0.6 is 0 Å². The average Bonchev–Trinajstić information content (AvgIpc) is 3.21. The Morgan fingerprint density at radius 1 is 1.12 bits per heavy atom. The van der Waals surface area contributed by atoms with Crippen molar-refractivity contribution in [2.75, 3.05) is 19.0 Å². The van der Waals surface area contributed by atoms with Crippen LogP contribution in [0, 0.1) is 13.8 Å². The molecule has 0 fully saturated rings. The molecule has 0 spiro atoms. The molecule has 0 aliphatic heterocycles. The van der Waals surface area contributed by atoms with E-state index in [0.717, 1.165) is 11.3 Å². The highest BCUT2D eigenvalue weighted by Gasteiger charge is 2.17. The lowest BCUT2D eigenvalue weighted by molar-refractivity contribution is -0.139. The number of carbonyl (C=O) groups excluding carboxylic acids is 4. The number of nitrogens with two attached hydrogens (primary N) is 1. The Labute approximate surface area is 189 Å². The van der Waals surface area contributed by atoms with Crippen molar-refractivity contribution in [3.63, 3.8) is 0 Å². The van der Waals surface area contributed by atoms with Gasteiger partial charge in [-0.15, -0.1) is 0 Å². The van der Waals surface area contributed by atoms with Crippen molar-refractivity contribution in [2.24, 2.45) is 5.73 Å². The maximum absolute atomic E-state index is 12.4. The van der Waals surface area contributed by atoms with E-state index in [-0.39, 0.29) is 24.4 Å². The first-order chi connectivity index (χ1) is 15.7. The van der Waals surface area contributed by atoms with Crippen LogP contribution in [-0.4, -0.2) is 51.9 Å². The molecule has 0 unspecified atom stereocenters. The van der Waals surface area contributed by atoms with Crippen LogP contribution in [0.15, 0.2) is 30.5 Å². The second kappa shape index (κ2) is 9.90. The van der Waals surface area contributed by atoms with Gasteiger partial charge in [-0.25, -0.2) is 9.50 Å². The van der Waals surface area contributed by atoms with Gasteiger partial charge in [-0.05, 0) is 50.1 Å². The number of benzene rings is 1. The van der Waals surface area contributed by atoms with E-state index in [1.54, 1.807) is 28.8 Å². The maximum atomic E-state index is 12.4. The zero-order valence-electron chi connectivity index (χ0n) is 18.5. The normalized spacial score (nSPS) is 10.6. The molecule has 4 N–H and O–H groups in total. The molecule has 3 amide bonds. The second-order valence-corrected chi connectivity index (χ2v) is 7.30. The molecular weight excluding hydrogens is 428 g/mol. The summed E-state index contributed by atoms with van der Waals surface area (Å²) < 4.78 is 6.02. The molecular formula is C22H24N6O5. The number of nitrogens with zero attached hydrogens (tertiary/aromatic N) is 3. The van der Waals surface area contributed by atoms with Crippen molar-refractivity contribution in [1.82, 2.24) is 19.9 Å². The Morgan fingerprint density at radius 2 is 1.82 bits per heavy atom. The highest BCUT2D eigenvalue weighted by atomic mass is 16.5. The third-order valence-electron chi connectivity index (χ3n) is 5.13. The smallest absolute Gasteiger partial charge is 0.325 e. The van der Waals surface area contributed by atoms with Crippen molar-refractivity contribution >= 4 is 35.0 Å². The summed E-state index contributed by atoms with van der Waals surface area (Å²) in [6.07, 6.45) is 2.00. The summed E-state index contributed by atoms with van der Waals surface area (Å²) in [6.45, 7) is 3.42. The molecule has 0 atom stereocenters. The van der Waals surface area contributed by atoms with Crippen LogP contribution in [0.1, 0.15) is 44.1 Å². The average molecular weight is 452 g/mol. The minimum absolute atomic E-state index is 0.195. The molecule has 0 aliphatic rings. The molecule has 1 aromatic carbocycles. The second-order valence-electron chi connectivity index (χ2n) is 7.30. The summed E-state index contributed by atoms with van der Waals surface area (Å²) in [6, 6.07) is 6.29. The van der Waals surface area contributed by atoms with Gasteiger partial charge in [0.1, 0.15) is 12.1 Å². The quantitative estimate of drug-likeness (QED) is 0.429. The van der Waals surface area contributed by atoms with Crippen LogP contribution < -0.4 is 16.4 Å². The zero-order valence-corrected chi connectivity index (χ0v) is 18.5. The first-order valence-corrected chi connectivity index (χ1v) is 10.1. The number of nitrogens with one attached hydrogen (secondary N) is 2. The number of primary amides is 1. The Bertz CT molecular complexity index is 1230. The number of aromatic nitrogens is 3. The van der Waals surface area contributed by atoms with Crippen LogP contribution in [0.2, 0.25) is 0 Å². The summed E-state index contributed by atoms with van der Waals surface area (Å²) in [5.74, 6) is -1.79. The minimum atomic E-state index is -0.601. The summed E-state index contributed by atoms with van der Waals surface area (Å²) in [7, 11) is 1.24. The van der Waals surface area contributed by atoms with Gasteiger partial charge in [0.05, 0.1) is 13.3 Å². The van der Waals surface area contributed by atoms with Gasteiger partial charge >= 0.3 is 5.97 Å². The molecule has 0 saturated carbocycles. The molecule has 2 heterocycles. The Morgan fingerprint density at radius 3 is 2.45 bits per heavy atom. The van der Waals surface area contributed by atoms with Crippen LogP contribution in [0.5, 0.6) is 0 Å². The van der Waals surface area contributed by atoms with Crippen LogP contribution in [0.25, 0.3) is 5.65 Å². The predicted molar refractivity (Wildman–Crippen MR) is 119 cm³/mol. The molecule has 0 bridgehead atoms. The van der Waals surface area contributed by atoms with Gasteiger partial charge in [-0.3, -0.25) is 19.2 Å². The summed E-state index contributed by atoms with van der Waals surface area (Å²) in [4.78, 5) is 51.5. The molecule has 0 aliphatic carbocycles. The van der Waals surface area contributed by atoms with E-state index in [1.807, 2.05) is 13.8 Å². The van der Waals surface area contributed by atoms with Gasteiger partial charge in [-0.1, -0.05) is 0 Å². The van der Waals surface area contributed by atoms with Crippen molar-refractivity contribution < 1.29 is 23.9 Å². The highest BCUT2D eigenvalue weighted by molar-refractivity contribution is 5.98. The van der Waals surface area contributed by atoms with Gasteiger partial charge in [-0.2, -0.15) is 5.10 Å². The number of rotatable bonds is 8. The lowest BCUT2D eigenvalue weighted by atomic mass is 10.1. The van der Waals surface area contributed by atoms with E-state index in [2.05, 4.69) is 25.5 Å². The van der Waals surface area contributed by atoms with Crippen molar-refractivity contribution in [2.45, 2.75) is 26.7 Å². The number of aryl methyl sites for hydroxylation is 2. The maximum Gasteiger partial charge on any atom is 0.325 e. The summed E-state index contributed by atoms with van der Waals surface area (Å²) in [5, 5.41) is 9.40. The zero-order chi connectivity index (χ0) is 24.1. The van der Waals surface area contributed by atoms with Crippen LogP contribution in [0.3, 0.4) is 0 Å². The molecule has 11 heteroatoms. The number of amides is 3. The van der Waals surface area contributed by atoms with Crippen molar-refractivity contribution in [3.05, 3.63) is 58.5 Å². The number of hydrogen-bond acceptors (Lipinski definition) is 7. The molecule has 3 rings (SSSR count). The lowest BCUT2D eigenvalue weighted by Crippen LogP contribution is -2.30. The number of esters is 1. The summed E-state index contributed by atoms with van der Waals surface area (Å²) in [5.41, 5.74) is 9.20. The van der Waals surface area contributed by atoms with Crippen molar-refractivity contribution in [3.8, 4) is 0 Å². The molecule has 2 aromatic heterocycles. The number of hydrogen-bond donors (Lipinski definition) is 3. The van der Waals surface area contributed by atoms with E-state index in [1.165, 1.54) is 13.3 Å². The van der Waals surface area contributed by atoms with Crippen molar-refractivity contribution in [1.29, 1.82) is 0 Å². The van der Waals surface area contributed by atoms with E-state index >= 15 is 0 Å². The molecule has 33 heavy (non-hydrogen) atoms. The van der Waals surface area contributed by atoms with Crippen LogP contribution in [0.4, 0.5) is 5.69 Å². The summed E-state index contributed by atoms with van der Waals surface area (Å²) >= 11 is 0. The topological polar surface area (TPSA) is 158 Å². The standard InChI is InChI=1S/C22H24N6O5/c1-12-16(13(2)28-21(26-12)17(10-25-28)20(23)31)8-9-18(29)27-15-6-4-14(5-7-15)22(32)24-11-19(30)33-3/h4-7,10H,8-9,11H2,1-3H3,(H2,23,31)(H,24,32)(H,27,29). The van der Waals surface area contributed by atoms with E-state index < -0.39 is 17.8 Å². The molecule has 3 aromatic rings. The van der Waals surface area contributed by atoms with E-state index in [4.69, 9.17) is 5.73 Å². The van der Waals surface area contributed by atoms with Crippen LogP contribution in [-0.2, 0) is 20.7 Å². The van der Waals surface area contributed by atoms with Gasteiger partial charge < -0.3 is 21.1 Å². The Balaban J connectivity index is 1.61. The fourth-order valence-electron chi connectivity index (χ4n) is 3.34. The van der Waals surface area contributed by atoms with Gasteiger partial charge in [0.25, 0.3) is 11.8 Å². The van der Waals surface area contributed by atoms with E-state index in [0.29, 0.717) is 29.0 Å². The lowest BCUT2D eigenvalue weighted by Gasteiger charge is -2.12. The Hall–Kier alpha value is -4.28. The first kappa shape index (κ1) is 23.4. The predicted octanol–water partition coefficient (Wildman–Crippen LogP) is 0.919. The van der Waals surface area contributed by atoms with Gasteiger partial charge in [0.2, 0.25) is 5.91 Å². The molecule has 172 valence electrons. The number of fused-ring (bicyclic) bond motifs is 1. The third-order valence-corrected chi connectivity index (χ3v) is 5.13. The molecule has 0 radical (unpaired) electrons. The fourth-order valence-corrected chi connectivity index (χ4v) is 3.34. The monoisotopic (exact) mass is 452 g/mol. The minimum Gasteiger partial charge on any atom is -0.468 e. The van der Waals surface area contributed by atoms with Gasteiger partial charge in [0.15, 0.2) is 5.65 Å². The SMILES string of the molecule is COC(=O)CNC(=O)c1ccc(NC(=O)CCc2c(C)nc3c(C(N)=O)cnn3c2C)cc1. The van der Waals surface area contributed by atoms with E-state index in [9.17, 15) is 19.2 Å². The van der Waals surface area contributed by atoms with Gasteiger partial charge in [0, 0.05) is 29.1 Å². The molecule has 0 saturated heterocycles. The first-order valence-electron chi connectivity index (χ1n) is 10.1. The number of ether oxygens (including phenoxy) is 1. The number of anilines is 1. The molecule has 11 nitrogen and oxygen atoms in total. The fraction of sp³-hybridized carbons (Fsp3) is 0.273. The number of carbonyl (C=O) groups is 4. The largest absolute Gasteiger partial charge is 0.468 e.